The third-order valence-corrected chi connectivity index (χ3v) is 5.46. The maximum atomic E-state index is 11.7. The summed E-state index contributed by atoms with van der Waals surface area (Å²) in [5.41, 5.74) is 3.34. The zero-order valence-electron chi connectivity index (χ0n) is 15.5. The van der Waals surface area contributed by atoms with Gasteiger partial charge in [-0.25, -0.2) is 9.48 Å². The summed E-state index contributed by atoms with van der Waals surface area (Å²) in [6.45, 7) is 2.36. The summed E-state index contributed by atoms with van der Waals surface area (Å²) in [6.07, 6.45) is 4.29. The molecule has 2 aromatic heterocycles. The lowest BCUT2D eigenvalue weighted by atomic mass is 10.1. The lowest BCUT2D eigenvalue weighted by Crippen LogP contribution is -2.14. The minimum Gasteiger partial charge on any atom is -0.476 e. The van der Waals surface area contributed by atoms with E-state index in [0.717, 1.165) is 16.8 Å². The first kappa shape index (κ1) is 19.3. The maximum Gasteiger partial charge on any atom is 0.357 e. The van der Waals surface area contributed by atoms with Crippen molar-refractivity contribution in [2.24, 2.45) is 0 Å². The first-order valence-electron chi connectivity index (χ1n) is 9.04. The fourth-order valence-corrected chi connectivity index (χ4v) is 3.96. The van der Waals surface area contributed by atoms with E-state index in [1.807, 2.05) is 49.5 Å². The smallest absolute Gasteiger partial charge is 0.357 e. The van der Waals surface area contributed by atoms with Crippen molar-refractivity contribution in [3.63, 3.8) is 0 Å². The van der Waals surface area contributed by atoms with Gasteiger partial charge >= 0.3 is 5.97 Å². The number of aromatic carboxylic acids is 1. The van der Waals surface area contributed by atoms with Gasteiger partial charge in [-0.15, -0.1) is 0 Å². The molecule has 146 valence electrons. The van der Waals surface area contributed by atoms with Crippen LogP contribution in [0.3, 0.4) is 0 Å². The largest absolute Gasteiger partial charge is 0.476 e. The topological polar surface area (TPSA) is 72.9 Å². The molecule has 4 rings (SSSR count). The van der Waals surface area contributed by atoms with Crippen LogP contribution in [0.25, 0.3) is 16.6 Å². The molecule has 2 aromatic carbocycles. The van der Waals surface area contributed by atoms with Crippen molar-refractivity contribution in [3.05, 3.63) is 81.2 Å². The van der Waals surface area contributed by atoms with E-state index in [-0.39, 0.29) is 10.2 Å². The van der Waals surface area contributed by atoms with Gasteiger partial charge < -0.3 is 5.11 Å². The van der Waals surface area contributed by atoms with Gasteiger partial charge in [-0.3, -0.25) is 4.68 Å². The Bertz CT molecular complexity index is 1260. The monoisotopic (exact) mass is 424 g/mol. The minimum absolute atomic E-state index is 0.141. The maximum absolute atomic E-state index is 11.7. The third-order valence-electron chi connectivity index (χ3n) is 4.76. The second-order valence-corrected chi connectivity index (χ2v) is 7.36. The average molecular weight is 425 g/mol. The van der Waals surface area contributed by atoms with E-state index in [1.54, 1.807) is 21.6 Å². The summed E-state index contributed by atoms with van der Waals surface area (Å²) in [6, 6.07) is 13.4. The van der Waals surface area contributed by atoms with Crippen molar-refractivity contribution in [2.75, 3.05) is 0 Å². The van der Waals surface area contributed by atoms with E-state index in [9.17, 15) is 9.90 Å². The molecule has 0 atom stereocenters. The Morgan fingerprint density at radius 1 is 1.21 bits per heavy atom. The van der Waals surface area contributed by atoms with Gasteiger partial charge in [-0.2, -0.15) is 10.2 Å². The van der Waals surface area contributed by atoms with Crippen LogP contribution in [0.15, 0.2) is 54.9 Å². The van der Waals surface area contributed by atoms with E-state index >= 15 is 0 Å². The number of fused-ring (bicyclic) bond motifs is 1. The van der Waals surface area contributed by atoms with Crippen LogP contribution in [0.1, 0.15) is 28.5 Å². The number of nitrogens with zero attached hydrogens (tertiary/aromatic N) is 4. The van der Waals surface area contributed by atoms with Crippen LogP contribution >= 0.6 is 23.8 Å². The summed E-state index contributed by atoms with van der Waals surface area (Å²) >= 11 is 11.9. The molecular formula is C21H17ClN4O2S. The first-order valence-corrected chi connectivity index (χ1v) is 9.82. The Morgan fingerprint density at radius 2 is 1.97 bits per heavy atom. The Kier molecular flexibility index (Phi) is 5.17. The van der Waals surface area contributed by atoms with Gasteiger partial charge in [0.1, 0.15) is 0 Å². The molecule has 0 unspecified atom stereocenters. The van der Waals surface area contributed by atoms with Crippen LogP contribution < -0.4 is 0 Å². The normalized spacial score (nSPS) is 11.1. The number of hydrogen-bond donors (Lipinski definition) is 1. The molecule has 1 N–H and O–H groups in total. The standard InChI is InChI=1S/C21H17ClN4O2S/c1-2-14-6-9-16(22)19-17(14)20(29)18(21(27)28)24-26(19)12-13-4-7-15(8-5-13)25-11-3-10-23-25/h3-11H,2,12H2,1H3,(H,27,28). The lowest BCUT2D eigenvalue weighted by molar-refractivity contribution is 0.0687. The third kappa shape index (κ3) is 3.54. The number of carboxylic acids is 1. The molecule has 0 radical (unpaired) electrons. The van der Waals surface area contributed by atoms with E-state index in [1.165, 1.54) is 0 Å². The highest BCUT2D eigenvalue weighted by Crippen LogP contribution is 2.29. The second kappa shape index (κ2) is 7.77. The molecule has 0 saturated heterocycles. The number of carboxylic acid groups (broad SMARTS) is 1. The van der Waals surface area contributed by atoms with E-state index in [0.29, 0.717) is 28.9 Å². The van der Waals surface area contributed by atoms with Gasteiger partial charge in [0, 0.05) is 17.8 Å². The Labute approximate surface area is 177 Å². The minimum atomic E-state index is -1.15. The van der Waals surface area contributed by atoms with Gasteiger partial charge in [0.15, 0.2) is 5.69 Å². The SMILES string of the molecule is CCc1ccc(Cl)c2c1c(=S)c(C(=O)O)nn2Cc1ccc(-n2cccn2)cc1. The van der Waals surface area contributed by atoms with Crippen LogP contribution in [0.2, 0.25) is 5.02 Å². The summed E-state index contributed by atoms with van der Waals surface area (Å²) in [7, 11) is 0. The van der Waals surface area contributed by atoms with Crippen LogP contribution in [-0.4, -0.2) is 30.6 Å². The highest BCUT2D eigenvalue weighted by molar-refractivity contribution is 7.71. The highest BCUT2D eigenvalue weighted by Gasteiger charge is 2.18. The zero-order valence-corrected chi connectivity index (χ0v) is 17.1. The number of aromatic nitrogens is 4. The molecule has 0 spiro atoms. The molecule has 0 bridgehead atoms. The number of rotatable bonds is 5. The van der Waals surface area contributed by atoms with Gasteiger partial charge in [0.25, 0.3) is 0 Å². The van der Waals surface area contributed by atoms with E-state index < -0.39 is 5.97 Å². The molecule has 29 heavy (non-hydrogen) atoms. The lowest BCUT2D eigenvalue weighted by Gasteiger charge is -2.15. The van der Waals surface area contributed by atoms with Gasteiger partial charge in [0.05, 0.1) is 27.3 Å². The zero-order chi connectivity index (χ0) is 20.5. The van der Waals surface area contributed by atoms with Crippen LogP contribution in [-0.2, 0) is 13.0 Å². The van der Waals surface area contributed by atoms with Crippen molar-refractivity contribution in [1.82, 2.24) is 19.6 Å². The van der Waals surface area contributed by atoms with Crippen LogP contribution in [0.5, 0.6) is 0 Å². The summed E-state index contributed by atoms with van der Waals surface area (Å²) in [5, 5.41) is 19.3. The van der Waals surface area contributed by atoms with Crippen LogP contribution in [0.4, 0.5) is 0 Å². The van der Waals surface area contributed by atoms with Crippen LogP contribution in [0, 0.1) is 4.51 Å². The second-order valence-electron chi connectivity index (χ2n) is 6.54. The Balaban J connectivity index is 1.86. The number of carbonyl (C=O) groups is 1. The first-order chi connectivity index (χ1) is 14.0. The Hall–Kier alpha value is -3.03. The summed E-state index contributed by atoms with van der Waals surface area (Å²) in [5.74, 6) is -1.15. The van der Waals surface area contributed by atoms with Gasteiger partial charge in [0.2, 0.25) is 0 Å². The Morgan fingerprint density at radius 3 is 2.59 bits per heavy atom. The molecular weight excluding hydrogens is 408 g/mol. The fourth-order valence-electron chi connectivity index (χ4n) is 3.35. The summed E-state index contributed by atoms with van der Waals surface area (Å²) in [4.78, 5) is 11.7. The van der Waals surface area contributed by atoms with Crippen molar-refractivity contribution in [3.8, 4) is 5.69 Å². The average Bonchev–Trinajstić information content (AvgIpc) is 3.25. The van der Waals surface area contributed by atoms with Gasteiger partial charge in [-0.05, 0) is 41.8 Å². The molecule has 0 aliphatic carbocycles. The van der Waals surface area contributed by atoms with Gasteiger partial charge in [-0.1, -0.05) is 48.9 Å². The molecule has 0 fully saturated rings. The predicted octanol–water partition coefficient (Wildman–Crippen LogP) is 4.91. The van der Waals surface area contributed by atoms with Crippen molar-refractivity contribution in [1.29, 1.82) is 0 Å². The van der Waals surface area contributed by atoms with Crippen molar-refractivity contribution >= 4 is 40.7 Å². The molecule has 0 saturated carbocycles. The van der Waals surface area contributed by atoms with Crippen molar-refractivity contribution in [2.45, 2.75) is 19.9 Å². The molecule has 2 heterocycles. The molecule has 4 aromatic rings. The predicted molar refractivity (Wildman–Crippen MR) is 115 cm³/mol. The number of aryl methyl sites for hydroxylation is 1. The summed E-state index contributed by atoms with van der Waals surface area (Å²) < 4.78 is 3.61. The molecule has 0 aliphatic rings. The molecule has 6 nitrogen and oxygen atoms in total. The quantitative estimate of drug-likeness (QED) is 0.460. The van der Waals surface area contributed by atoms with Crippen molar-refractivity contribution < 1.29 is 9.90 Å². The molecule has 0 aliphatic heterocycles. The van der Waals surface area contributed by atoms with E-state index in [4.69, 9.17) is 23.8 Å². The number of halogens is 1. The fraction of sp³-hybridized carbons (Fsp3) is 0.143. The molecule has 8 heteroatoms. The highest BCUT2D eigenvalue weighted by atomic mass is 35.5. The number of benzene rings is 2. The van der Waals surface area contributed by atoms with E-state index in [2.05, 4.69) is 10.2 Å². The number of hydrogen-bond acceptors (Lipinski definition) is 4. The molecule has 0 amide bonds.